The first-order valence-electron chi connectivity index (χ1n) is 6.18. The zero-order valence-corrected chi connectivity index (χ0v) is 12.1. The van der Waals surface area contributed by atoms with Gasteiger partial charge in [-0.05, 0) is 25.1 Å². The second-order valence-corrected chi connectivity index (χ2v) is 4.59. The van der Waals surface area contributed by atoms with E-state index < -0.39 is 5.97 Å². The standard InChI is InChI=1S/C14H15ClN2O3/c1-3-19-14(18)11-7-13(16-8-12(11)15)17(2)9-10-5-4-6-20-10/h4-8H,3,9H2,1-2H3. The Morgan fingerprint density at radius 2 is 2.35 bits per heavy atom. The average Bonchev–Trinajstić information content (AvgIpc) is 2.92. The first-order chi connectivity index (χ1) is 9.61. The molecule has 0 unspecified atom stereocenters. The second-order valence-electron chi connectivity index (χ2n) is 4.18. The number of hydrogen-bond donors (Lipinski definition) is 0. The van der Waals surface area contributed by atoms with Gasteiger partial charge >= 0.3 is 5.97 Å². The van der Waals surface area contributed by atoms with Gasteiger partial charge in [-0.3, -0.25) is 0 Å². The molecule has 0 aliphatic heterocycles. The molecule has 0 aromatic carbocycles. The van der Waals surface area contributed by atoms with Gasteiger partial charge in [0.2, 0.25) is 0 Å². The Labute approximate surface area is 122 Å². The molecule has 0 amide bonds. The number of aromatic nitrogens is 1. The first kappa shape index (κ1) is 14.4. The smallest absolute Gasteiger partial charge is 0.339 e. The van der Waals surface area contributed by atoms with Crippen molar-refractivity contribution in [3.05, 3.63) is 47.0 Å². The lowest BCUT2D eigenvalue weighted by atomic mass is 10.2. The summed E-state index contributed by atoms with van der Waals surface area (Å²) in [6.45, 7) is 2.59. The topological polar surface area (TPSA) is 55.6 Å². The van der Waals surface area contributed by atoms with E-state index in [1.165, 1.54) is 6.20 Å². The number of anilines is 1. The number of furan rings is 1. The van der Waals surface area contributed by atoms with Crippen molar-refractivity contribution in [2.75, 3.05) is 18.6 Å². The van der Waals surface area contributed by atoms with E-state index in [0.29, 0.717) is 24.5 Å². The highest BCUT2D eigenvalue weighted by molar-refractivity contribution is 6.33. The van der Waals surface area contributed by atoms with E-state index in [-0.39, 0.29) is 5.02 Å². The van der Waals surface area contributed by atoms with Crippen LogP contribution in [0.1, 0.15) is 23.0 Å². The number of pyridine rings is 1. The number of carbonyl (C=O) groups excluding carboxylic acids is 1. The molecule has 106 valence electrons. The Bertz CT molecular complexity index is 584. The number of rotatable bonds is 5. The van der Waals surface area contributed by atoms with Gasteiger partial charge in [-0.1, -0.05) is 11.6 Å². The fourth-order valence-corrected chi connectivity index (χ4v) is 1.90. The molecule has 5 nitrogen and oxygen atoms in total. The minimum Gasteiger partial charge on any atom is -0.467 e. The molecule has 0 aliphatic rings. The zero-order chi connectivity index (χ0) is 14.5. The summed E-state index contributed by atoms with van der Waals surface area (Å²) in [6.07, 6.45) is 3.06. The highest BCUT2D eigenvalue weighted by atomic mass is 35.5. The molecule has 0 bridgehead atoms. The van der Waals surface area contributed by atoms with Crippen molar-refractivity contribution in [3.63, 3.8) is 0 Å². The average molecular weight is 295 g/mol. The molecule has 0 saturated carbocycles. The van der Waals surface area contributed by atoms with Crippen LogP contribution in [0.2, 0.25) is 5.02 Å². The van der Waals surface area contributed by atoms with Gasteiger partial charge in [0.1, 0.15) is 11.6 Å². The minimum absolute atomic E-state index is 0.276. The maximum absolute atomic E-state index is 11.8. The summed E-state index contributed by atoms with van der Waals surface area (Å²) in [5.41, 5.74) is 0.310. The van der Waals surface area contributed by atoms with Crippen molar-refractivity contribution >= 4 is 23.4 Å². The predicted octanol–water partition coefficient (Wildman–Crippen LogP) is 3.14. The van der Waals surface area contributed by atoms with Crippen LogP contribution in [0.5, 0.6) is 0 Å². The SMILES string of the molecule is CCOC(=O)c1cc(N(C)Cc2ccco2)ncc1Cl. The summed E-state index contributed by atoms with van der Waals surface area (Å²) >= 11 is 5.97. The maximum atomic E-state index is 11.8. The quantitative estimate of drug-likeness (QED) is 0.793. The molecule has 0 N–H and O–H groups in total. The number of ether oxygens (including phenoxy) is 1. The lowest BCUT2D eigenvalue weighted by Gasteiger charge is -2.17. The number of carbonyl (C=O) groups is 1. The number of esters is 1. The Morgan fingerprint density at radius 3 is 3.00 bits per heavy atom. The van der Waals surface area contributed by atoms with Gasteiger partial charge in [-0.25, -0.2) is 9.78 Å². The molecule has 2 aromatic heterocycles. The van der Waals surface area contributed by atoms with Crippen molar-refractivity contribution < 1.29 is 13.9 Å². The van der Waals surface area contributed by atoms with Crippen LogP contribution in [0, 0.1) is 0 Å². The number of halogens is 1. The molecule has 0 atom stereocenters. The summed E-state index contributed by atoms with van der Waals surface area (Å²) in [5, 5.41) is 0.276. The van der Waals surface area contributed by atoms with E-state index in [1.54, 1.807) is 19.3 Å². The van der Waals surface area contributed by atoms with Crippen molar-refractivity contribution in [2.45, 2.75) is 13.5 Å². The van der Waals surface area contributed by atoms with E-state index >= 15 is 0 Å². The van der Waals surface area contributed by atoms with Crippen molar-refractivity contribution in [1.82, 2.24) is 4.98 Å². The van der Waals surface area contributed by atoms with E-state index in [4.69, 9.17) is 20.8 Å². The van der Waals surface area contributed by atoms with Crippen LogP contribution in [-0.4, -0.2) is 24.6 Å². The van der Waals surface area contributed by atoms with Gasteiger partial charge in [-0.15, -0.1) is 0 Å². The Kier molecular flexibility index (Phi) is 4.63. The van der Waals surface area contributed by atoms with Crippen LogP contribution < -0.4 is 4.90 Å². The first-order valence-corrected chi connectivity index (χ1v) is 6.55. The van der Waals surface area contributed by atoms with Crippen LogP contribution in [-0.2, 0) is 11.3 Å². The molecule has 6 heteroatoms. The summed E-state index contributed by atoms with van der Waals surface area (Å²) in [4.78, 5) is 17.9. The molecular formula is C14H15ClN2O3. The van der Waals surface area contributed by atoms with Crippen molar-refractivity contribution in [2.24, 2.45) is 0 Å². The Hall–Kier alpha value is -2.01. The monoisotopic (exact) mass is 294 g/mol. The van der Waals surface area contributed by atoms with E-state index in [2.05, 4.69) is 4.98 Å². The molecule has 20 heavy (non-hydrogen) atoms. The molecule has 0 radical (unpaired) electrons. The number of hydrogen-bond acceptors (Lipinski definition) is 5. The molecular weight excluding hydrogens is 280 g/mol. The molecule has 2 aromatic rings. The van der Waals surface area contributed by atoms with Crippen LogP contribution in [0.3, 0.4) is 0 Å². The van der Waals surface area contributed by atoms with Crippen molar-refractivity contribution in [1.29, 1.82) is 0 Å². The van der Waals surface area contributed by atoms with Crippen LogP contribution >= 0.6 is 11.6 Å². The summed E-state index contributed by atoms with van der Waals surface area (Å²) in [6, 6.07) is 5.31. The summed E-state index contributed by atoms with van der Waals surface area (Å²) in [5.74, 6) is 0.975. The van der Waals surface area contributed by atoms with Gasteiger partial charge in [0, 0.05) is 13.2 Å². The third-order valence-electron chi connectivity index (χ3n) is 2.70. The second kappa shape index (κ2) is 6.43. The fourth-order valence-electron chi connectivity index (χ4n) is 1.72. The summed E-state index contributed by atoms with van der Waals surface area (Å²) < 4.78 is 10.2. The van der Waals surface area contributed by atoms with Gasteiger partial charge in [0.15, 0.2) is 0 Å². The minimum atomic E-state index is -0.451. The van der Waals surface area contributed by atoms with E-state index in [9.17, 15) is 4.79 Å². The molecule has 2 rings (SSSR count). The maximum Gasteiger partial charge on any atom is 0.339 e. The third kappa shape index (κ3) is 3.30. The molecule has 0 spiro atoms. The largest absolute Gasteiger partial charge is 0.467 e. The van der Waals surface area contributed by atoms with Crippen LogP contribution in [0.25, 0.3) is 0 Å². The summed E-state index contributed by atoms with van der Waals surface area (Å²) in [7, 11) is 1.85. The Balaban J connectivity index is 2.20. The van der Waals surface area contributed by atoms with E-state index in [0.717, 1.165) is 5.76 Å². The van der Waals surface area contributed by atoms with Gasteiger partial charge in [-0.2, -0.15) is 0 Å². The van der Waals surface area contributed by atoms with Gasteiger partial charge < -0.3 is 14.1 Å². The third-order valence-corrected chi connectivity index (χ3v) is 3.00. The molecule has 2 heterocycles. The lowest BCUT2D eigenvalue weighted by molar-refractivity contribution is 0.0526. The highest BCUT2D eigenvalue weighted by Crippen LogP contribution is 2.22. The predicted molar refractivity (Wildman–Crippen MR) is 76.0 cm³/mol. The number of nitrogens with zero attached hydrogens (tertiary/aromatic N) is 2. The van der Waals surface area contributed by atoms with Crippen LogP contribution in [0.15, 0.2) is 35.1 Å². The molecule has 0 fully saturated rings. The van der Waals surface area contributed by atoms with Gasteiger partial charge in [0.05, 0.1) is 30.0 Å². The normalized spacial score (nSPS) is 10.3. The zero-order valence-electron chi connectivity index (χ0n) is 11.3. The Morgan fingerprint density at radius 1 is 1.55 bits per heavy atom. The lowest BCUT2D eigenvalue weighted by Crippen LogP contribution is -2.18. The van der Waals surface area contributed by atoms with Crippen molar-refractivity contribution in [3.8, 4) is 0 Å². The molecule has 0 aliphatic carbocycles. The van der Waals surface area contributed by atoms with Crippen LogP contribution in [0.4, 0.5) is 5.82 Å². The van der Waals surface area contributed by atoms with Gasteiger partial charge in [0.25, 0.3) is 0 Å². The highest BCUT2D eigenvalue weighted by Gasteiger charge is 2.15. The van der Waals surface area contributed by atoms with E-state index in [1.807, 2.05) is 24.1 Å². The fraction of sp³-hybridized carbons (Fsp3) is 0.286. The molecule has 0 saturated heterocycles.